The number of rotatable bonds is 58. The highest BCUT2D eigenvalue weighted by Crippen LogP contribution is 2.17. The van der Waals surface area contributed by atoms with Crippen molar-refractivity contribution in [1.29, 1.82) is 0 Å². The second kappa shape index (κ2) is 63.6. The third kappa shape index (κ3) is 60.1. The van der Waals surface area contributed by atoms with Gasteiger partial charge < -0.3 is 15.5 Å². The van der Waals surface area contributed by atoms with E-state index < -0.39 is 12.1 Å². The number of amides is 1. The van der Waals surface area contributed by atoms with Gasteiger partial charge in [0, 0.05) is 6.42 Å². The third-order valence-corrected chi connectivity index (χ3v) is 14.3. The molecule has 2 unspecified atom stereocenters. The summed E-state index contributed by atoms with van der Waals surface area (Å²) < 4.78 is 0. The third-order valence-electron chi connectivity index (χ3n) is 14.3. The number of aliphatic hydroxyl groups is 2. The Kier molecular flexibility index (Phi) is 61.3. The van der Waals surface area contributed by atoms with Crippen LogP contribution in [0.1, 0.15) is 316 Å². The highest BCUT2D eigenvalue weighted by Gasteiger charge is 2.18. The van der Waals surface area contributed by atoms with Crippen LogP contribution in [-0.4, -0.2) is 34.9 Å². The maximum Gasteiger partial charge on any atom is 0.220 e. The van der Waals surface area contributed by atoms with E-state index >= 15 is 0 Å². The van der Waals surface area contributed by atoms with Gasteiger partial charge >= 0.3 is 0 Å². The van der Waals surface area contributed by atoms with Gasteiger partial charge in [-0.15, -0.1) is 0 Å². The minimum Gasteiger partial charge on any atom is -0.394 e. The monoisotopic (exact) mass is 1010 g/mol. The van der Waals surface area contributed by atoms with E-state index in [-0.39, 0.29) is 12.5 Å². The maximum absolute atomic E-state index is 12.5. The molecule has 0 saturated heterocycles. The van der Waals surface area contributed by atoms with E-state index in [1.807, 2.05) is 6.08 Å². The largest absolute Gasteiger partial charge is 0.394 e. The highest BCUT2D eigenvalue weighted by atomic mass is 16.3. The Bertz CT molecular complexity index is 1330. The van der Waals surface area contributed by atoms with Gasteiger partial charge in [0.1, 0.15) is 0 Å². The number of hydrogen-bond donors (Lipinski definition) is 3. The molecular weight excluding hydrogens is 891 g/mol. The van der Waals surface area contributed by atoms with Crippen LogP contribution in [-0.2, 0) is 4.79 Å². The maximum atomic E-state index is 12.5. The smallest absolute Gasteiger partial charge is 0.220 e. The number of allylic oxidation sites excluding steroid dienone is 15. The summed E-state index contributed by atoms with van der Waals surface area (Å²) in [5, 5.41) is 23.2. The summed E-state index contributed by atoms with van der Waals surface area (Å²) in [5.74, 6) is -0.0799. The first-order valence-corrected chi connectivity index (χ1v) is 32.0. The van der Waals surface area contributed by atoms with Gasteiger partial charge in [-0.1, -0.05) is 317 Å². The molecule has 0 bridgehead atoms. The summed E-state index contributed by atoms with van der Waals surface area (Å²) >= 11 is 0. The molecule has 4 nitrogen and oxygen atoms in total. The van der Waals surface area contributed by atoms with Gasteiger partial charge in [0.25, 0.3) is 0 Å². The first-order valence-electron chi connectivity index (χ1n) is 32.0. The fourth-order valence-corrected chi connectivity index (χ4v) is 9.48. The molecule has 0 aliphatic carbocycles. The Labute approximate surface area is 455 Å². The Morgan fingerprint density at radius 3 is 0.959 bits per heavy atom. The van der Waals surface area contributed by atoms with Gasteiger partial charge in [-0.3, -0.25) is 4.79 Å². The molecule has 2 atom stereocenters. The predicted octanol–water partition coefficient (Wildman–Crippen LogP) is 21.6. The zero-order chi connectivity index (χ0) is 52.7. The summed E-state index contributed by atoms with van der Waals surface area (Å²) in [7, 11) is 0. The lowest BCUT2D eigenvalue weighted by molar-refractivity contribution is -0.123. The highest BCUT2D eigenvalue weighted by molar-refractivity contribution is 5.76. The van der Waals surface area contributed by atoms with Crippen LogP contribution >= 0.6 is 0 Å². The van der Waals surface area contributed by atoms with Crippen molar-refractivity contribution in [3.05, 3.63) is 97.2 Å². The number of carbonyl (C=O) groups excluding carboxylic acids is 1. The van der Waals surface area contributed by atoms with Gasteiger partial charge in [0.2, 0.25) is 5.91 Å². The molecule has 0 saturated carbocycles. The Hall–Kier alpha value is -2.69. The molecule has 422 valence electrons. The molecule has 0 aliphatic heterocycles. The van der Waals surface area contributed by atoms with E-state index in [2.05, 4.69) is 104 Å². The molecule has 73 heavy (non-hydrogen) atoms. The van der Waals surface area contributed by atoms with Gasteiger partial charge in [-0.25, -0.2) is 0 Å². The minimum atomic E-state index is -0.878. The zero-order valence-corrected chi connectivity index (χ0v) is 48.6. The van der Waals surface area contributed by atoms with Crippen LogP contribution in [0.25, 0.3) is 0 Å². The summed E-state index contributed by atoms with van der Waals surface area (Å²) in [6.45, 7) is 4.20. The van der Waals surface area contributed by atoms with Crippen LogP contribution in [0.4, 0.5) is 0 Å². The number of hydrogen-bond acceptors (Lipinski definition) is 3. The SMILES string of the molecule is CC/C=C\C/C=C\C/C=C\C/C=C\C/C=C\CCCCCCCCCCCCCCCC(=O)NC(CO)C(O)/C=C/CC/C=C/CC/C=C/CCCCCCCCCCCCCCCCCCCCCCCC. The average molecular weight is 1010 g/mol. The number of carbonyl (C=O) groups is 1. The fourth-order valence-electron chi connectivity index (χ4n) is 9.48. The van der Waals surface area contributed by atoms with Crippen molar-refractivity contribution < 1.29 is 15.0 Å². The first kappa shape index (κ1) is 70.3. The van der Waals surface area contributed by atoms with Crippen molar-refractivity contribution in [2.75, 3.05) is 6.61 Å². The topological polar surface area (TPSA) is 69.6 Å². The predicted molar refractivity (Wildman–Crippen MR) is 326 cm³/mol. The van der Waals surface area contributed by atoms with Crippen molar-refractivity contribution in [2.24, 2.45) is 0 Å². The minimum absolute atomic E-state index is 0.0799. The van der Waals surface area contributed by atoms with E-state index in [1.54, 1.807) is 6.08 Å². The molecule has 3 N–H and O–H groups in total. The molecule has 0 aliphatic rings. The molecule has 0 radical (unpaired) electrons. The zero-order valence-electron chi connectivity index (χ0n) is 48.6. The van der Waals surface area contributed by atoms with Crippen LogP contribution in [0, 0.1) is 0 Å². The van der Waals surface area contributed by atoms with E-state index in [4.69, 9.17) is 0 Å². The van der Waals surface area contributed by atoms with Crippen LogP contribution in [0.2, 0.25) is 0 Å². The van der Waals surface area contributed by atoms with Crippen molar-refractivity contribution in [3.8, 4) is 0 Å². The lowest BCUT2D eigenvalue weighted by Gasteiger charge is -2.19. The lowest BCUT2D eigenvalue weighted by Crippen LogP contribution is -2.45. The Morgan fingerprint density at radius 2 is 0.616 bits per heavy atom. The van der Waals surface area contributed by atoms with Gasteiger partial charge in [-0.2, -0.15) is 0 Å². The second-order valence-electron chi connectivity index (χ2n) is 21.4. The van der Waals surface area contributed by atoms with E-state index in [9.17, 15) is 15.0 Å². The molecule has 0 aromatic carbocycles. The molecule has 0 fully saturated rings. The van der Waals surface area contributed by atoms with Crippen molar-refractivity contribution in [1.82, 2.24) is 5.32 Å². The van der Waals surface area contributed by atoms with Gasteiger partial charge in [0.05, 0.1) is 18.8 Å². The standard InChI is InChI=1S/C69H123NO3/c1-3-5-7-9-11-13-15-17-19-21-23-25-27-29-31-33-34-35-37-38-40-42-44-46-48-50-52-54-56-58-60-62-64-68(72)67(66-71)70-69(73)65-63-61-59-57-55-53-51-49-47-45-43-41-39-36-32-30-28-26-24-22-20-18-16-14-12-10-8-6-4-2/h6,8,12,14,18,20,24,26,30,32,46,48,54,56,62,64,67-68,71-72H,3-5,7,9-11,13,15-17,19,21-23,25,27-29,31,33-45,47,49-53,55,57-61,63,65-66H2,1-2H3,(H,70,73)/b8-6-,14-12-,20-18-,26-24-,32-30-,48-46+,56-54+,64-62+. The fraction of sp³-hybridized carbons (Fsp3) is 0.754. The number of aliphatic hydroxyl groups excluding tert-OH is 2. The van der Waals surface area contributed by atoms with Crippen LogP contribution in [0.5, 0.6) is 0 Å². The second-order valence-corrected chi connectivity index (χ2v) is 21.4. The van der Waals surface area contributed by atoms with Crippen LogP contribution in [0.3, 0.4) is 0 Å². The van der Waals surface area contributed by atoms with Gasteiger partial charge in [0.15, 0.2) is 0 Å². The van der Waals surface area contributed by atoms with Crippen molar-refractivity contribution >= 4 is 5.91 Å². The summed E-state index contributed by atoms with van der Waals surface area (Å²) in [4.78, 5) is 12.5. The first-order chi connectivity index (χ1) is 36.2. The van der Waals surface area contributed by atoms with Gasteiger partial charge in [-0.05, 0) is 89.9 Å². The molecule has 4 heteroatoms. The molecule has 0 spiro atoms. The van der Waals surface area contributed by atoms with Crippen molar-refractivity contribution in [2.45, 2.75) is 328 Å². The average Bonchev–Trinajstić information content (AvgIpc) is 3.40. The Balaban J connectivity index is 3.55. The molecule has 1 amide bonds. The summed E-state index contributed by atoms with van der Waals surface area (Å²) in [6.07, 6.45) is 94.6. The van der Waals surface area contributed by atoms with Crippen LogP contribution in [0.15, 0.2) is 97.2 Å². The van der Waals surface area contributed by atoms with E-state index in [0.717, 1.165) is 70.6 Å². The number of nitrogens with one attached hydrogen (secondary N) is 1. The summed E-state index contributed by atoms with van der Waals surface area (Å²) in [5.41, 5.74) is 0. The summed E-state index contributed by atoms with van der Waals surface area (Å²) in [6, 6.07) is -0.654. The Morgan fingerprint density at radius 1 is 0.342 bits per heavy atom. The molecule has 0 heterocycles. The molecule has 0 rings (SSSR count). The van der Waals surface area contributed by atoms with Crippen molar-refractivity contribution in [3.63, 3.8) is 0 Å². The quantitative estimate of drug-likeness (QED) is 0.0420. The molecular formula is C69H123NO3. The normalized spacial score (nSPS) is 13.4. The van der Waals surface area contributed by atoms with Crippen LogP contribution < -0.4 is 5.32 Å². The molecule has 0 aromatic rings. The molecule has 0 aromatic heterocycles. The number of unbranched alkanes of at least 4 members (excludes halogenated alkanes) is 37. The van der Waals surface area contributed by atoms with E-state index in [0.29, 0.717) is 6.42 Å². The van der Waals surface area contributed by atoms with E-state index in [1.165, 1.54) is 225 Å². The lowest BCUT2D eigenvalue weighted by atomic mass is 10.0.